The van der Waals surface area contributed by atoms with Crippen molar-refractivity contribution >= 4 is 11.8 Å². The number of carbonyl (C=O) groups is 2. The summed E-state index contributed by atoms with van der Waals surface area (Å²) >= 11 is 0. The average Bonchev–Trinajstić information content (AvgIpc) is 2.58. The smallest absolute Gasteiger partial charge is 0.338 e. The van der Waals surface area contributed by atoms with Crippen molar-refractivity contribution in [2.24, 2.45) is 0 Å². The summed E-state index contributed by atoms with van der Waals surface area (Å²) in [7, 11) is 0. The van der Waals surface area contributed by atoms with Crippen LogP contribution in [-0.2, 0) is 4.74 Å². The van der Waals surface area contributed by atoms with Gasteiger partial charge in [-0.3, -0.25) is 4.79 Å². The first-order valence-electron chi connectivity index (χ1n) is 7.02. The molecule has 0 radical (unpaired) electrons. The number of esters is 1. The van der Waals surface area contributed by atoms with Gasteiger partial charge in [0.1, 0.15) is 19.0 Å². The molecular weight excluding hydrogens is 294 g/mol. The molecule has 0 atom stereocenters. The van der Waals surface area contributed by atoms with Crippen molar-refractivity contribution in [1.82, 2.24) is 0 Å². The fourth-order valence-corrected chi connectivity index (χ4v) is 1.97. The Kier molecular flexibility index (Phi) is 5.48. The first-order chi connectivity index (χ1) is 11.1. The minimum absolute atomic E-state index is 0.0435. The van der Waals surface area contributed by atoms with Gasteiger partial charge < -0.3 is 9.47 Å². The monoisotopic (exact) mass is 309 g/mol. The molecule has 116 valence electrons. The average molecular weight is 309 g/mol. The molecule has 0 bridgehead atoms. The Labute approximate surface area is 134 Å². The number of nitrogens with zero attached hydrogens (tertiary/aromatic N) is 1. The third-order valence-electron chi connectivity index (χ3n) is 3.07. The van der Waals surface area contributed by atoms with E-state index in [9.17, 15) is 9.59 Å². The first-order valence-corrected chi connectivity index (χ1v) is 7.02. The molecule has 0 aliphatic rings. The molecule has 2 aromatic carbocycles. The van der Waals surface area contributed by atoms with E-state index in [1.807, 2.05) is 6.07 Å². The Balaban J connectivity index is 1.87. The number of carbonyl (C=O) groups excluding carboxylic acids is 2. The van der Waals surface area contributed by atoms with E-state index in [4.69, 9.17) is 14.7 Å². The van der Waals surface area contributed by atoms with Gasteiger partial charge in [0.15, 0.2) is 5.78 Å². The van der Waals surface area contributed by atoms with Crippen LogP contribution >= 0.6 is 0 Å². The molecule has 2 rings (SSSR count). The van der Waals surface area contributed by atoms with Gasteiger partial charge in [0, 0.05) is 0 Å². The molecule has 0 aliphatic heterocycles. The van der Waals surface area contributed by atoms with Crippen molar-refractivity contribution in [3.8, 4) is 11.8 Å². The van der Waals surface area contributed by atoms with E-state index in [1.54, 1.807) is 42.5 Å². The van der Waals surface area contributed by atoms with E-state index in [1.165, 1.54) is 13.0 Å². The second-order valence-electron chi connectivity index (χ2n) is 4.73. The molecule has 2 aromatic rings. The third kappa shape index (κ3) is 4.42. The normalized spacial score (nSPS) is 9.74. The second-order valence-corrected chi connectivity index (χ2v) is 4.73. The lowest BCUT2D eigenvalue weighted by atomic mass is 10.1. The molecule has 0 heterocycles. The zero-order chi connectivity index (χ0) is 16.7. The number of rotatable bonds is 6. The molecule has 5 heteroatoms. The van der Waals surface area contributed by atoms with E-state index >= 15 is 0 Å². The molecular formula is C18H15NO4. The summed E-state index contributed by atoms with van der Waals surface area (Å²) in [5, 5.41) is 8.81. The maximum Gasteiger partial charge on any atom is 0.338 e. The Morgan fingerprint density at radius 3 is 2.61 bits per heavy atom. The summed E-state index contributed by atoms with van der Waals surface area (Å²) in [6, 6.07) is 15.1. The maximum atomic E-state index is 11.9. The number of benzene rings is 2. The van der Waals surface area contributed by atoms with Crippen LogP contribution in [0.15, 0.2) is 48.5 Å². The molecule has 0 unspecified atom stereocenters. The molecule has 0 saturated heterocycles. The van der Waals surface area contributed by atoms with Gasteiger partial charge in [-0.1, -0.05) is 18.2 Å². The van der Waals surface area contributed by atoms with Crippen molar-refractivity contribution in [2.45, 2.75) is 6.92 Å². The lowest BCUT2D eigenvalue weighted by Gasteiger charge is -2.10. The summed E-state index contributed by atoms with van der Waals surface area (Å²) in [5.41, 5.74) is 1.19. The summed E-state index contributed by atoms with van der Waals surface area (Å²) < 4.78 is 10.6. The number of ether oxygens (including phenoxy) is 2. The van der Waals surface area contributed by atoms with E-state index in [2.05, 4.69) is 0 Å². The fraction of sp³-hybridized carbons (Fsp3) is 0.167. The maximum absolute atomic E-state index is 11.9. The van der Waals surface area contributed by atoms with Crippen LogP contribution in [0.1, 0.15) is 33.2 Å². The summed E-state index contributed by atoms with van der Waals surface area (Å²) in [5.74, 6) is -0.154. The van der Waals surface area contributed by atoms with Crippen LogP contribution in [0.2, 0.25) is 0 Å². The topological polar surface area (TPSA) is 76.4 Å². The van der Waals surface area contributed by atoms with Gasteiger partial charge in [-0.05, 0) is 37.3 Å². The first kappa shape index (κ1) is 16.2. The molecule has 0 fully saturated rings. The standard InChI is InChI=1S/C18H15NO4/c1-13(20)16-7-2-3-8-17(16)22-9-10-23-18(21)15-6-4-5-14(11-15)12-19/h2-8,11H,9-10H2,1H3. The highest BCUT2D eigenvalue weighted by atomic mass is 16.6. The highest BCUT2D eigenvalue weighted by molar-refractivity contribution is 5.96. The third-order valence-corrected chi connectivity index (χ3v) is 3.07. The number of nitriles is 1. The number of hydrogen-bond donors (Lipinski definition) is 0. The van der Waals surface area contributed by atoms with Crippen molar-refractivity contribution in [3.63, 3.8) is 0 Å². The van der Waals surface area contributed by atoms with Crippen molar-refractivity contribution in [3.05, 3.63) is 65.2 Å². The van der Waals surface area contributed by atoms with E-state index in [-0.39, 0.29) is 19.0 Å². The molecule has 23 heavy (non-hydrogen) atoms. The summed E-state index contributed by atoms with van der Waals surface area (Å²) in [4.78, 5) is 23.3. The zero-order valence-corrected chi connectivity index (χ0v) is 12.6. The van der Waals surface area contributed by atoms with Crippen molar-refractivity contribution < 1.29 is 19.1 Å². The molecule has 0 amide bonds. The number of ketones is 1. The van der Waals surface area contributed by atoms with Crippen LogP contribution in [0.5, 0.6) is 5.75 Å². The Morgan fingerprint density at radius 2 is 1.87 bits per heavy atom. The minimum Gasteiger partial charge on any atom is -0.489 e. The van der Waals surface area contributed by atoms with Gasteiger partial charge in [-0.25, -0.2) is 4.79 Å². The van der Waals surface area contributed by atoms with Crippen LogP contribution in [0, 0.1) is 11.3 Å². The Hall–Kier alpha value is -3.13. The molecule has 0 N–H and O–H groups in total. The Morgan fingerprint density at radius 1 is 1.09 bits per heavy atom. The van der Waals surface area contributed by atoms with Gasteiger partial charge in [0.05, 0.1) is 22.8 Å². The van der Waals surface area contributed by atoms with Gasteiger partial charge in [0.25, 0.3) is 0 Å². The van der Waals surface area contributed by atoms with E-state index in [0.717, 1.165) is 0 Å². The van der Waals surface area contributed by atoms with Crippen molar-refractivity contribution in [1.29, 1.82) is 5.26 Å². The van der Waals surface area contributed by atoms with Crippen LogP contribution in [0.4, 0.5) is 0 Å². The predicted molar refractivity (Wildman–Crippen MR) is 83.4 cm³/mol. The summed E-state index contributed by atoms with van der Waals surface area (Å²) in [6.07, 6.45) is 0. The van der Waals surface area contributed by atoms with Crippen LogP contribution < -0.4 is 4.74 Å². The van der Waals surface area contributed by atoms with Crippen molar-refractivity contribution in [2.75, 3.05) is 13.2 Å². The molecule has 0 aliphatic carbocycles. The van der Waals surface area contributed by atoms with Gasteiger partial charge in [0.2, 0.25) is 0 Å². The highest BCUT2D eigenvalue weighted by Gasteiger charge is 2.09. The summed E-state index contributed by atoms with van der Waals surface area (Å²) in [6.45, 7) is 1.64. The van der Waals surface area contributed by atoms with Crippen LogP contribution in [0.3, 0.4) is 0 Å². The number of para-hydroxylation sites is 1. The number of hydrogen-bond acceptors (Lipinski definition) is 5. The predicted octanol–water partition coefficient (Wildman–Crippen LogP) is 3.00. The van der Waals surface area contributed by atoms with Crippen LogP contribution in [-0.4, -0.2) is 25.0 Å². The van der Waals surface area contributed by atoms with E-state index < -0.39 is 5.97 Å². The molecule has 0 spiro atoms. The molecule has 5 nitrogen and oxygen atoms in total. The van der Waals surface area contributed by atoms with Gasteiger partial charge in [-0.15, -0.1) is 0 Å². The molecule has 0 aromatic heterocycles. The van der Waals surface area contributed by atoms with Gasteiger partial charge >= 0.3 is 5.97 Å². The largest absolute Gasteiger partial charge is 0.489 e. The van der Waals surface area contributed by atoms with Gasteiger partial charge in [-0.2, -0.15) is 5.26 Å². The van der Waals surface area contributed by atoms with Crippen LogP contribution in [0.25, 0.3) is 0 Å². The number of Topliss-reactive ketones (excluding diaryl/α,β-unsaturated/α-hetero) is 1. The SMILES string of the molecule is CC(=O)c1ccccc1OCCOC(=O)c1cccc(C#N)c1. The fourth-order valence-electron chi connectivity index (χ4n) is 1.97. The Bertz CT molecular complexity index is 762. The zero-order valence-electron chi connectivity index (χ0n) is 12.6. The highest BCUT2D eigenvalue weighted by Crippen LogP contribution is 2.18. The molecule has 0 saturated carbocycles. The minimum atomic E-state index is -0.523. The lowest BCUT2D eigenvalue weighted by Crippen LogP contribution is -2.13. The quantitative estimate of drug-likeness (QED) is 0.466. The second kappa shape index (κ2) is 7.76. The van der Waals surface area contributed by atoms with E-state index in [0.29, 0.717) is 22.4 Å². The lowest BCUT2D eigenvalue weighted by molar-refractivity contribution is 0.0449.